The van der Waals surface area contributed by atoms with Gasteiger partial charge in [0.1, 0.15) is 17.6 Å². The molecule has 3 rings (SSSR count). The maximum atomic E-state index is 14.4. The maximum Gasteiger partial charge on any atom is 0.263 e. The molecule has 1 aliphatic rings. The first-order valence-corrected chi connectivity index (χ1v) is 8.95. The van der Waals surface area contributed by atoms with E-state index in [0.29, 0.717) is 5.56 Å². The largest absolute Gasteiger partial charge is 0.355 e. The van der Waals surface area contributed by atoms with Gasteiger partial charge in [0.2, 0.25) is 0 Å². The second-order valence-corrected chi connectivity index (χ2v) is 6.94. The number of nitrogens with one attached hydrogen (secondary N) is 2. The van der Waals surface area contributed by atoms with Gasteiger partial charge >= 0.3 is 0 Å². The minimum absolute atomic E-state index is 0.0774. The summed E-state index contributed by atoms with van der Waals surface area (Å²) in [6.07, 6.45) is 0.840. The Labute approximate surface area is 160 Å². The van der Waals surface area contributed by atoms with Gasteiger partial charge in [-0.3, -0.25) is 14.4 Å². The van der Waals surface area contributed by atoms with Crippen LogP contribution in [0, 0.1) is 12.7 Å². The van der Waals surface area contributed by atoms with Crippen molar-refractivity contribution >= 4 is 11.8 Å². The molecule has 0 saturated heterocycles. The highest BCUT2D eigenvalue weighted by Gasteiger charge is 2.30. The lowest BCUT2D eigenvalue weighted by Crippen LogP contribution is -2.45. The zero-order valence-electron chi connectivity index (χ0n) is 15.6. The molecule has 8 heteroatoms. The maximum absolute atomic E-state index is 14.4. The summed E-state index contributed by atoms with van der Waals surface area (Å²) in [4.78, 5) is 37.3. The predicted molar refractivity (Wildman–Crippen MR) is 99.7 cm³/mol. The van der Waals surface area contributed by atoms with Crippen LogP contribution in [0.5, 0.6) is 0 Å². The molecule has 6 nitrogen and oxygen atoms in total. The Bertz CT molecular complexity index is 981. The molecule has 0 bridgehead atoms. The number of aromatic nitrogens is 1. The SMILES string of the molecule is CNC(=O)c1cc(C(=O)NC2CC(F)C2)cn(Cc2cccc(C)c2F)c1=O. The van der Waals surface area contributed by atoms with Crippen molar-refractivity contribution in [3.8, 4) is 0 Å². The monoisotopic (exact) mass is 389 g/mol. The molecule has 0 spiro atoms. The first-order valence-electron chi connectivity index (χ1n) is 8.95. The summed E-state index contributed by atoms with van der Waals surface area (Å²) in [6.45, 7) is 1.48. The van der Waals surface area contributed by atoms with Gasteiger partial charge in [-0.2, -0.15) is 0 Å². The van der Waals surface area contributed by atoms with Crippen LogP contribution in [0.15, 0.2) is 35.3 Å². The van der Waals surface area contributed by atoms with E-state index in [1.807, 2.05) is 0 Å². The lowest BCUT2D eigenvalue weighted by Gasteiger charge is -2.30. The van der Waals surface area contributed by atoms with Crippen LogP contribution in [-0.4, -0.2) is 35.6 Å². The second kappa shape index (κ2) is 7.92. The molecule has 1 heterocycles. The van der Waals surface area contributed by atoms with Crippen molar-refractivity contribution in [2.45, 2.75) is 38.5 Å². The number of nitrogens with zero attached hydrogens (tertiary/aromatic N) is 1. The van der Waals surface area contributed by atoms with Crippen LogP contribution < -0.4 is 16.2 Å². The summed E-state index contributed by atoms with van der Waals surface area (Å²) < 4.78 is 28.5. The van der Waals surface area contributed by atoms with Gasteiger partial charge in [-0.05, 0) is 31.4 Å². The minimum atomic E-state index is -0.926. The standard InChI is InChI=1S/C20H21F2N3O3/c1-11-4-3-5-12(17(11)22)9-25-10-13(6-16(20(25)28)19(27)23-2)18(26)24-15-7-14(21)8-15/h3-6,10,14-15H,7-9H2,1-2H3,(H,23,27)(H,24,26). The molecule has 1 aliphatic carbocycles. The normalized spacial score (nSPS) is 18.3. The Morgan fingerprint density at radius 1 is 1.25 bits per heavy atom. The number of alkyl halides is 1. The van der Waals surface area contributed by atoms with Crippen LogP contribution in [-0.2, 0) is 6.54 Å². The molecule has 2 N–H and O–H groups in total. The van der Waals surface area contributed by atoms with E-state index in [2.05, 4.69) is 10.6 Å². The van der Waals surface area contributed by atoms with E-state index < -0.39 is 29.4 Å². The number of carbonyl (C=O) groups excluding carboxylic acids is 2. The van der Waals surface area contributed by atoms with E-state index in [9.17, 15) is 23.2 Å². The number of hydrogen-bond acceptors (Lipinski definition) is 3. The molecule has 28 heavy (non-hydrogen) atoms. The summed E-state index contributed by atoms with van der Waals surface area (Å²) in [5.41, 5.74) is -0.0865. The molecule has 0 unspecified atom stereocenters. The molecular formula is C20H21F2N3O3. The lowest BCUT2D eigenvalue weighted by molar-refractivity contribution is 0.0859. The molecule has 2 amide bonds. The first-order chi connectivity index (χ1) is 13.3. The first kappa shape index (κ1) is 19.7. The molecule has 2 aromatic rings. The van der Waals surface area contributed by atoms with Crippen molar-refractivity contribution < 1.29 is 18.4 Å². The van der Waals surface area contributed by atoms with Crippen LogP contribution in [0.25, 0.3) is 0 Å². The molecule has 1 aromatic carbocycles. The van der Waals surface area contributed by atoms with Gasteiger partial charge in [0.15, 0.2) is 0 Å². The third kappa shape index (κ3) is 3.95. The number of rotatable bonds is 5. The minimum Gasteiger partial charge on any atom is -0.355 e. The smallest absolute Gasteiger partial charge is 0.263 e. The quantitative estimate of drug-likeness (QED) is 0.820. The van der Waals surface area contributed by atoms with Crippen LogP contribution in [0.1, 0.15) is 44.7 Å². The molecule has 0 aliphatic heterocycles. The number of amides is 2. The number of aryl methyl sites for hydroxylation is 1. The Balaban J connectivity index is 1.98. The second-order valence-electron chi connectivity index (χ2n) is 6.94. The van der Waals surface area contributed by atoms with Gasteiger partial charge in [-0.15, -0.1) is 0 Å². The van der Waals surface area contributed by atoms with Gasteiger partial charge in [-0.25, -0.2) is 8.78 Å². The van der Waals surface area contributed by atoms with Crippen molar-refractivity contribution in [3.05, 3.63) is 68.9 Å². The highest BCUT2D eigenvalue weighted by Crippen LogP contribution is 2.23. The molecule has 0 atom stereocenters. The van der Waals surface area contributed by atoms with Crippen LogP contribution in [0.3, 0.4) is 0 Å². The molecule has 0 radical (unpaired) electrons. The van der Waals surface area contributed by atoms with Crippen molar-refractivity contribution in [1.82, 2.24) is 15.2 Å². The average molecular weight is 389 g/mol. The third-order valence-corrected chi connectivity index (χ3v) is 4.85. The molecule has 1 fully saturated rings. The highest BCUT2D eigenvalue weighted by molar-refractivity contribution is 5.99. The van der Waals surface area contributed by atoms with Crippen molar-refractivity contribution in [1.29, 1.82) is 0 Å². The fraction of sp³-hybridized carbons (Fsp3) is 0.350. The van der Waals surface area contributed by atoms with E-state index >= 15 is 0 Å². The molecule has 148 valence electrons. The summed E-state index contributed by atoms with van der Waals surface area (Å²) in [5.74, 6) is -1.61. The van der Waals surface area contributed by atoms with Crippen LogP contribution in [0.2, 0.25) is 0 Å². The highest BCUT2D eigenvalue weighted by atomic mass is 19.1. The van der Waals surface area contributed by atoms with Gasteiger partial charge in [-0.1, -0.05) is 18.2 Å². The van der Waals surface area contributed by atoms with Gasteiger partial charge in [0.25, 0.3) is 17.4 Å². The zero-order valence-corrected chi connectivity index (χ0v) is 15.6. The third-order valence-electron chi connectivity index (χ3n) is 4.85. The number of pyridine rings is 1. The van der Waals surface area contributed by atoms with Gasteiger partial charge in [0, 0.05) is 24.8 Å². The van der Waals surface area contributed by atoms with Crippen molar-refractivity contribution in [2.24, 2.45) is 0 Å². The molecular weight excluding hydrogens is 368 g/mol. The van der Waals surface area contributed by atoms with E-state index in [4.69, 9.17) is 0 Å². The van der Waals surface area contributed by atoms with Gasteiger partial charge in [0.05, 0.1) is 12.1 Å². The van der Waals surface area contributed by atoms with Gasteiger partial charge < -0.3 is 15.2 Å². The summed E-state index contributed by atoms with van der Waals surface area (Å²) in [6, 6.07) is 5.74. The Morgan fingerprint density at radius 2 is 1.96 bits per heavy atom. The Hall–Kier alpha value is -3.03. The number of carbonyl (C=O) groups is 2. The van der Waals surface area contributed by atoms with E-state index in [-0.39, 0.29) is 42.1 Å². The topological polar surface area (TPSA) is 80.2 Å². The summed E-state index contributed by atoms with van der Waals surface area (Å²) in [5, 5.41) is 5.04. The van der Waals surface area contributed by atoms with E-state index in [1.54, 1.807) is 19.1 Å². The zero-order chi connectivity index (χ0) is 20.4. The Morgan fingerprint density at radius 3 is 2.61 bits per heavy atom. The average Bonchev–Trinajstić information content (AvgIpc) is 2.65. The number of halogens is 2. The lowest BCUT2D eigenvalue weighted by atomic mass is 9.90. The summed E-state index contributed by atoms with van der Waals surface area (Å²) in [7, 11) is 1.37. The number of benzene rings is 1. The van der Waals surface area contributed by atoms with Crippen LogP contribution >= 0.6 is 0 Å². The molecule has 1 saturated carbocycles. The fourth-order valence-corrected chi connectivity index (χ4v) is 3.12. The van der Waals surface area contributed by atoms with Crippen molar-refractivity contribution in [3.63, 3.8) is 0 Å². The summed E-state index contributed by atoms with van der Waals surface area (Å²) >= 11 is 0. The Kier molecular flexibility index (Phi) is 5.58. The van der Waals surface area contributed by atoms with Crippen molar-refractivity contribution in [2.75, 3.05) is 7.05 Å². The number of hydrogen-bond donors (Lipinski definition) is 2. The van der Waals surface area contributed by atoms with E-state index in [1.165, 1.54) is 25.4 Å². The van der Waals surface area contributed by atoms with Crippen LogP contribution in [0.4, 0.5) is 8.78 Å². The predicted octanol–water partition coefficient (Wildman–Crippen LogP) is 1.93. The fourth-order valence-electron chi connectivity index (χ4n) is 3.12. The van der Waals surface area contributed by atoms with E-state index in [0.717, 1.165) is 4.57 Å². The molecule has 1 aromatic heterocycles.